The summed E-state index contributed by atoms with van der Waals surface area (Å²) < 4.78 is 46.7. The molecule has 1 aliphatic heterocycles. The molecular weight excluding hydrogens is 1300 g/mol. The van der Waals surface area contributed by atoms with E-state index in [0.29, 0.717) is 17.8 Å². The Balaban J connectivity index is 0.000000200. The lowest BCUT2D eigenvalue weighted by atomic mass is 9.96. The Kier molecular flexibility index (Phi) is 26.3. The molecule has 6 aromatic heterocycles. The lowest BCUT2D eigenvalue weighted by molar-refractivity contribution is -0.120. The number of amides is 10. The van der Waals surface area contributed by atoms with Crippen LogP contribution in [0.3, 0.4) is 0 Å². The van der Waals surface area contributed by atoms with E-state index >= 15 is 0 Å². The first kappa shape index (κ1) is 70.5. The molecule has 0 bridgehead atoms. The zero-order chi connectivity index (χ0) is 67.6. The van der Waals surface area contributed by atoms with Crippen molar-refractivity contribution < 1.29 is 75.3 Å². The molecule has 94 heavy (non-hydrogen) atoms. The van der Waals surface area contributed by atoms with Crippen molar-refractivity contribution >= 4 is 136 Å². The smallest absolute Gasteiger partial charge is 0.414 e. The number of carbonyl (C=O) groups is 10. The number of piperidine rings is 1. The molecule has 8 N–H and O–H groups in total. The van der Waals surface area contributed by atoms with E-state index in [-0.39, 0.29) is 92.6 Å². The molecular formula is C62H62N12O16S4. The van der Waals surface area contributed by atoms with Gasteiger partial charge in [-0.1, -0.05) is 54.1 Å². The summed E-state index contributed by atoms with van der Waals surface area (Å²) in [5.41, 5.74) is 2.47. The van der Waals surface area contributed by atoms with Gasteiger partial charge < -0.3 is 39.8 Å². The number of thiophene rings is 3. The lowest BCUT2D eigenvalue weighted by Gasteiger charge is -2.32. The van der Waals surface area contributed by atoms with E-state index < -0.39 is 63.9 Å². The summed E-state index contributed by atoms with van der Waals surface area (Å²) in [7, 11) is -3.90. The molecule has 1 fully saturated rings. The first-order valence-electron chi connectivity index (χ1n) is 28.5. The van der Waals surface area contributed by atoms with Crippen LogP contribution in [0.1, 0.15) is 96.5 Å². The maximum Gasteiger partial charge on any atom is 0.414 e. The van der Waals surface area contributed by atoms with E-state index in [2.05, 4.69) is 71.3 Å². The topological polar surface area (TPSA) is 380 Å². The van der Waals surface area contributed by atoms with E-state index in [4.69, 9.17) is 9.47 Å². The second-order valence-corrected chi connectivity index (χ2v) is 23.8. The Morgan fingerprint density at radius 1 is 0.500 bits per heavy atom. The SMILES string of the molecule is CCOC(=O)NC(=O)c1ccsc1NC(=O)C1CCN(c2ccccn2)CC1.CCOC(=O)NC(=O)c1ccsc1NC(=O)c1ccnc(NC(=O)OCc2ccccc2)c1.CCOC(=O)NC(=O)c1ccsc1NC(=O)c1ccnc(NS(=O)(=O)c2ccc(C)cc2)c1. The van der Waals surface area contributed by atoms with E-state index in [1.165, 1.54) is 72.3 Å². The highest BCUT2D eigenvalue weighted by Crippen LogP contribution is 2.29. The summed E-state index contributed by atoms with van der Waals surface area (Å²) in [5, 5.41) is 22.5. The van der Waals surface area contributed by atoms with Gasteiger partial charge in [0.05, 0.1) is 41.4 Å². The minimum Gasteiger partial charge on any atom is -0.450 e. The highest BCUT2D eigenvalue weighted by atomic mass is 32.2. The molecule has 0 spiro atoms. The van der Waals surface area contributed by atoms with Gasteiger partial charge in [-0.3, -0.25) is 54.8 Å². The summed E-state index contributed by atoms with van der Waals surface area (Å²) in [6, 6.07) is 31.2. The third-order valence-corrected chi connectivity index (χ3v) is 16.7. The number of hydrogen-bond acceptors (Lipinski definition) is 23. The van der Waals surface area contributed by atoms with Crippen molar-refractivity contribution in [3.8, 4) is 0 Å². The molecule has 10 amide bonds. The molecule has 28 nitrogen and oxygen atoms in total. The van der Waals surface area contributed by atoms with Gasteiger partial charge in [-0.25, -0.2) is 42.5 Å². The Bertz CT molecular complexity index is 4090. The normalized spacial score (nSPS) is 11.6. The summed E-state index contributed by atoms with van der Waals surface area (Å²) in [6.45, 7) is 8.67. The van der Waals surface area contributed by atoms with E-state index in [0.717, 1.165) is 52.7 Å². The fourth-order valence-corrected chi connectivity index (χ4v) is 11.6. The standard InChI is InChI=1S/C22H20N4O6S.C21H20N4O6S2.C19H22N4O4S/c1-2-31-22(30)26-19(28)16-9-11-33-20(16)25-18(27)15-8-10-23-17(12-15)24-21(29)32-13-14-6-4-3-5-7-14;1-3-31-21(28)24-19(27)16-9-11-32-20(16)23-18(26)14-8-10-22-17(12-14)25-33(29,30)15-6-4-13(2)5-7-15;1-2-27-19(26)22-17(25)14-8-12-28-18(14)21-16(24)13-6-10-23(11-7-13)15-5-3-4-9-20-15/h3-12H,2,13H2,1H3,(H,25,27)(H,23,24,29)(H,26,28,30);4-12H,3H2,1-2H3,(H,22,25)(H,23,26)(H,24,27,28);3-5,8-9,12-13H,2,6-7,10-11H2,1H3,(H,21,24)(H,22,25,26). The van der Waals surface area contributed by atoms with Crippen LogP contribution in [-0.2, 0) is 40.4 Å². The van der Waals surface area contributed by atoms with Crippen LogP contribution in [0.15, 0.2) is 155 Å². The van der Waals surface area contributed by atoms with Crippen LogP contribution in [0.5, 0.6) is 0 Å². The van der Waals surface area contributed by atoms with Crippen molar-refractivity contribution in [3.63, 3.8) is 0 Å². The minimum atomic E-state index is -3.90. The quantitative estimate of drug-likeness (QED) is 0.0349. The van der Waals surface area contributed by atoms with Gasteiger partial charge >= 0.3 is 24.4 Å². The number of imide groups is 3. The first-order valence-corrected chi connectivity index (χ1v) is 32.6. The van der Waals surface area contributed by atoms with Crippen molar-refractivity contribution in [3.05, 3.63) is 189 Å². The number of rotatable bonds is 19. The highest BCUT2D eigenvalue weighted by molar-refractivity contribution is 7.92. The van der Waals surface area contributed by atoms with Gasteiger partial charge in [0, 0.05) is 48.7 Å². The molecule has 9 rings (SSSR count). The summed E-state index contributed by atoms with van der Waals surface area (Å²) in [4.78, 5) is 136. The molecule has 0 unspecified atom stereocenters. The van der Waals surface area contributed by atoms with Crippen LogP contribution in [-0.4, -0.2) is 116 Å². The van der Waals surface area contributed by atoms with Crippen LogP contribution < -0.4 is 46.8 Å². The number of nitrogens with zero attached hydrogens (tertiary/aromatic N) is 4. The molecule has 0 radical (unpaired) electrons. The molecule has 2 aromatic carbocycles. The second-order valence-electron chi connectivity index (χ2n) is 19.3. The summed E-state index contributed by atoms with van der Waals surface area (Å²) in [5.74, 6) is -2.43. The first-order chi connectivity index (χ1) is 45.2. The number of alkyl carbamates (subject to hydrolysis) is 3. The lowest BCUT2D eigenvalue weighted by Crippen LogP contribution is -2.38. The number of hydrogen-bond donors (Lipinski definition) is 8. The third-order valence-electron chi connectivity index (χ3n) is 12.8. The number of benzene rings is 2. The zero-order valence-corrected chi connectivity index (χ0v) is 53.9. The number of aromatic nitrogens is 3. The number of aryl methyl sites for hydroxylation is 1. The van der Waals surface area contributed by atoms with Crippen molar-refractivity contribution in [2.24, 2.45) is 5.92 Å². The number of sulfonamides is 1. The van der Waals surface area contributed by atoms with Crippen molar-refractivity contribution in [1.29, 1.82) is 0 Å². The molecule has 7 heterocycles. The van der Waals surface area contributed by atoms with Gasteiger partial charge in [-0.2, -0.15) is 0 Å². The van der Waals surface area contributed by atoms with Gasteiger partial charge in [0.1, 0.15) is 39.1 Å². The number of ether oxygens (including phenoxy) is 4. The number of pyridine rings is 3. The monoisotopic (exact) mass is 1360 g/mol. The van der Waals surface area contributed by atoms with Gasteiger partial charge in [0.25, 0.3) is 39.6 Å². The molecule has 32 heteroatoms. The molecule has 0 saturated carbocycles. The maximum atomic E-state index is 12.7. The van der Waals surface area contributed by atoms with Crippen molar-refractivity contribution in [1.82, 2.24) is 30.9 Å². The predicted octanol–water partition coefficient (Wildman–Crippen LogP) is 10.3. The Morgan fingerprint density at radius 3 is 1.45 bits per heavy atom. The van der Waals surface area contributed by atoms with Gasteiger partial charge in [0.15, 0.2) is 0 Å². The Labute approximate surface area is 550 Å². The number of carbonyl (C=O) groups excluding carboxylic acids is 10. The fourth-order valence-electron chi connectivity index (χ4n) is 8.26. The highest BCUT2D eigenvalue weighted by Gasteiger charge is 2.28. The Morgan fingerprint density at radius 2 is 0.968 bits per heavy atom. The van der Waals surface area contributed by atoms with E-state index in [1.807, 2.05) is 55.5 Å². The van der Waals surface area contributed by atoms with Crippen LogP contribution in [0.25, 0.3) is 0 Å². The third kappa shape index (κ3) is 21.3. The van der Waals surface area contributed by atoms with Crippen molar-refractivity contribution in [2.75, 3.05) is 63.8 Å². The number of nitrogens with one attached hydrogen (secondary N) is 8. The zero-order valence-electron chi connectivity index (χ0n) is 50.6. The van der Waals surface area contributed by atoms with Gasteiger partial charge in [-0.05, 0) is 129 Å². The molecule has 8 aromatic rings. The Hall–Kier alpha value is -11.0. The fraction of sp³-hybridized carbons (Fsp3) is 0.210. The van der Waals surface area contributed by atoms with E-state index in [9.17, 15) is 56.4 Å². The van der Waals surface area contributed by atoms with Gasteiger partial charge in [0.2, 0.25) is 5.91 Å². The second kappa shape index (κ2) is 35.0. The van der Waals surface area contributed by atoms with E-state index in [1.54, 1.807) is 61.3 Å². The van der Waals surface area contributed by atoms with Crippen LogP contribution in [0.2, 0.25) is 0 Å². The minimum absolute atomic E-state index is 0.0466. The average molecular weight is 1360 g/mol. The average Bonchev–Trinajstić information content (AvgIpc) is 1.01. The summed E-state index contributed by atoms with van der Waals surface area (Å²) >= 11 is 3.44. The maximum absolute atomic E-state index is 12.7. The predicted molar refractivity (Wildman–Crippen MR) is 351 cm³/mol. The number of anilines is 6. The van der Waals surface area contributed by atoms with Gasteiger partial charge in [-0.15, -0.1) is 34.0 Å². The molecule has 490 valence electrons. The van der Waals surface area contributed by atoms with Crippen LogP contribution >= 0.6 is 34.0 Å². The van der Waals surface area contributed by atoms with Crippen molar-refractivity contribution in [2.45, 2.75) is 52.0 Å². The largest absolute Gasteiger partial charge is 0.450 e. The summed E-state index contributed by atoms with van der Waals surface area (Å²) in [6.07, 6.45) is 2.50. The molecule has 0 aliphatic carbocycles. The van der Waals surface area contributed by atoms with Crippen LogP contribution in [0, 0.1) is 12.8 Å². The molecule has 1 saturated heterocycles. The molecule has 1 aliphatic rings. The van der Waals surface area contributed by atoms with Crippen LogP contribution in [0.4, 0.5) is 51.6 Å². The molecule has 0 atom stereocenters.